The number of fused-ring (bicyclic) bond motifs is 1. The number of benzene rings is 2. The molecule has 0 bridgehead atoms. The lowest BCUT2D eigenvalue weighted by Gasteiger charge is -2.16. The van der Waals surface area contributed by atoms with Gasteiger partial charge in [-0.3, -0.25) is 15.2 Å². The molecule has 0 aliphatic carbocycles. The molecule has 0 fully saturated rings. The van der Waals surface area contributed by atoms with Gasteiger partial charge in [-0.05, 0) is 54.8 Å². The van der Waals surface area contributed by atoms with Gasteiger partial charge in [-0.2, -0.15) is 5.10 Å². The third-order valence-electron chi connectivity index (χ3n) is 5.26. The van der Waals surface area contributed by atoms with E-state index in [2.05, 4.69) is 20.8 Å². The molecule has 7 nitrogen and oxygen atoms in total. The van der Waals surface area contributed by atoms with Crippen molar-refractivity contribution in [1.29, 1.82) is 0 Å². The van der Waals surface area contributed by atoms with Crippen LogP contribution in [0.2, 0.25) is 0 Å². The Balaban J connectivity index is 1.45. The van der Waals surface area contributed by atoms with E-state index in [9.17, 15) is 17.6 Å². The summed E-state index contributed by atoms with van der Waals surface area (Å²) in [4.78, 5) is 16.9. The van der Waals surface area contributed by atoms with Gasteiger partial charge < -0.3 is 5.32 Å². The van der Waals surface area contributed by atoms with Gasteiger partial charge in [0.1, 0.15) is 12.0 Å². The van der Waals surface area contributed by atoms with Crippen LogP contribution in [0.1, 0.15) is 16.7 Å². The number of hydrogen-bond donors (Lipinski definition) is 2. The molecule has 0 spiro atoms. The predicted octanol–water partition coefficient (Wildman–Crippen LogP) is 2.43. The van der Waals surface area contributed by atoms with Crippen LogP contribution in [0.25, 0.3) is 0 Å². The molecule has 0 saturated carbocycles. The van der Waals surface area contributed by atoms with E-state index in [-0.39, 0.29) is 39.9 Å². The number of aryl methyl sites for hydroxylation is 2. The molecule has 0 aromatic heterocycles. The zero-order valence-electron chi connectivity index (χ0n) is 17.0. The van der Waals surface area contributed by atoms with Crippen LogP contribution in [0.15, 0.2) is 67.9 Å². The third-order valence-corrected chi connectivity index (χ3v) is 7.17. The number of aliphatic imine (C=N–C) groups is 1. The number of halogens is 1. The van der Waals surface area contributed by atoms with Crippen molar-refractivity contribution in [3.8, 4) is 0 Å². The van der Waals surface area contributed by atoms with Gasteiger partial charge in [-0.25, -0.2) is 12.8 Å². The first-order valence-corrected chi connectivity index (χ1v) is 11.2. The van der Waals surface area contributed by atoms with Crippen LogP contribution in [0.5, 0.6) is 0 Å². The Bertz CT molecular complexity index is 1230. The van der Waals surface area contributed by atoms with E-state index in [0.29, 0.717) is 11.1 Å². The highest BCUT2D eigenvalue weighted by atomic mass is 32.2. The highest BCUT2D eigenvalue weighted by molar-refractivity contribution is 7.91. The van der Waals surface area contributed by atoms with E-state index in [1.54, 1.807) is 31.3 Å². The van der Waals surface area contributed by atoms with Gasteiger partial charge >= 0.3 is 0 Å². The summed E-state index contributed by atoms with van der Waals surface area (Å²) in [7, 11) is -3.78. The maximum absolute atomic E-state index is 13.7. The summed E-state index contributed by atoms with van der Waals surface area (Å²) in [6.45, 7) is 3.33. The minimum atomic E-state index is -3.78. The average molecular weight is 441 g/mol. The molecule has 0 saturated heterocycles. The summed E-state index contributed by atoms with van der Waals surface area (Å²) >= 11 is 0. The van der Waals surface area contributed by atoms with Crippen LogP contribution in [0.3, 0.4) is 0 Å². The number of amides is 1. The van der Waals surface area contributed by atoms with E-state index in [4.69, 9.17) is 0 Å². The summed E-state index contributed by atoms with van der Waals surface area (Å²) in [6, 6.07) is 8.84. The van der Waals surface area contributed by atoms with E-state index in [0.717, 1.165) is 5.56 Å². The number of rotatable bonds is 5. The molecule has 2 heterocycles. The molecule has 1 amide bonds. The quantitative estimate of drug-likeness (QED) is 0.698. The van der Waals surface area contributed by atoms with Crippen LogP contribution in [-0.2, 0) is 21.2 Å². The number of carbonyl (C=O) groups excluding carboxylic acids is 1. The topological polar surface area (TPSA) is 100.0 Å². The van der Waals surface area contributed by atoms with E-state index < -0.39 is 15.7 Å². The van der Waals surface area contributed by atoms with Crippen molar-refractivity contribution in [1.82, 2.24) is 10.7 Å². The largest absolute Gasteiger partial charge is 0.348 e. The Morgan fingerprint density at radius 3 is 2.65 bits per heavy atom. The monoisotopic (exact) mass is 440 g/mol. The number of sulfone groups is 1. The van der Waals surface area contributed by atoms with Crippen LogP contribution in [0, 0.1) is 25.6 Å². The maximum Gasteiger partial charge on any atom is 0.252 e. The van der Waals surface area contributed by atoms with Crippen LogP contribution >= 0.6 is 0 Å². The average Bonchev–Trinajstić information content (AvgIpc) is 3.22. The zero-order chi connectivity index (χ0) is 22.2. The standard InChI is InChI=1S/C22H21FN4O3S/c1-13-8-20(14(2)7-19(13)23)31(29,30)18-5-3-15(4-6-18)10-25-22(28)17-9-16-12-26-27-21(16)24-11-17/h3-9,11-12,16,21,27H,10H2,1-2H3,(H,25,28). The first kappa shape index (κ1) is 20.9. The SMILES string of the molecule is Cc1cc(S(=O)(=O)c2ccc(CNC(=O)C3=CC4C=NNC4N=C3)cc2)c(C)cc1F. The van der Waals surface area contributed by atoms with Gasteiger partial charge in [0, 0.05) is 19.0 Å². The Morgan fingerprint density at radius 1 is 1.16 bits per heavy atom. The molecule has 31 heavy (non-hydrogen) atoms. The summed E-state index contributed by atoms with van der Waals surface area (Å²) in [6.07, 6.45) is 4.87. The van der Waals surface area contributed by atoms with Crippen molar-refractivity contribution in [2.24, 2.45) is 16.0 Å². The van der Waals surface area contributed by atoms with Gasteiger partial charge in [-0.1, -0.05) is 18.2 Å². The van der Waals surface area contributed by atoms with E-state index >= 15 is 0 Å². The number of hydrogen-bond acceptors (Lipinski definition) is 6. The first-order chi connectivity index (χ1) is 14.8. The number of nitrogens with zero attached hydrogens (tertiary/aromatic N) is 2. The fourth-order valence-corrected chi connectivity index (χ4v) is 4.99. The molecule has 2 unspecified atom stereocenters. The molecular formula is C22H21FN4O3S. The lowest BCUT2D eigenvalue weighted by Crippen LogP contribution is -2.32. The number of dihydropyridines is 1. The van der Waals surface area contributed by atoms with E-state index in [1.807, 2.05) is 0 Å². The Labute approximate surface area is 179 Å². The maximum atomic E-state index is 13.7. The highest BCUT2D eigenvalue weighted by Gasteiger charge is 2.26. The number of nitrogens with one attached hydrogen (secondary N) is 2. The van der Waals surface area contributed by atoms with Gasteiger partial charge in [0.15, 0.2) is 0 Å². The molecule has 2 atom stereocenters. The Kier molecular flexibility index (Phi) is 5.45. The number of carbonyl (C=O) groups is 1. The molecule has 2 aliphatic heterocycles. The van der Waals surface area contributed by atoms with Crippen molar-refractivity contribution in [2.45, 2.75) is 36.3 Å². The second-order valence-corrected chi connectivity index (χ2v) is 9.44. The lowest BCUT2D eigenvalue weighted by molar-refractivity contribution is -0.117. The molecule has 2 N–H and O–H groups in total. The molecule has 2 aromatic carbocycles. The molecule has 0 radical (unpaired) electrons. The van der Waals surface area contributed by atoms with E-state index in [1.165, 1.54) is 37.4 Å². The van der Waals surface area contributed by atoms with Gasteiger partial charge in [0.05, 0.1) is 21.3 Å². The second kappa shape index (κ2) is 8.07. The van der Waals surface area contributed by atoms with Crippen LogP contribution < -0.4 is 10.7 Å². The van der Waals surface area contributed by atoms with Gasteiger partial charge in [0.25, 0.3) is 5.91 Å². The molecule has 160 valence electrons. The van der Waals surface area contributed by atoms with Crippen molar-refractivity contribution < 1.29 is 17.6 Å². The summed E-state index contributed by atoms with van der Waals surface area (Å²) in [5.74, 6) is -0.752. The minimum Gasteiger partial charge on any atom is -0.348 e. The summed E-state index contributed by atoms with van der Waals surface area (Å²) in [5, 5.41) is 6.75. The van der Waals surface area contributed by atoms with Gasteiger partial charge in [0.2, 0.25) is 9.84 Å². The van der Waals surface area contributed by atoms with Crippen molar-refractivity contribution in [3.05, 3.63) is 70.6 Å². The molecule has 2 aliphatic rings. The van der Waals surface area contributed by atoms with Crippen LogP contribution in [-0.4, -0.2) is 32.9 Å². The predicted molar refractivity (Wildman–Crippen MR) is 115 cm³/mol. The zero-order valence-corrected chi connectivity index (χ0v) is 17.8. The summed E-state index contributed by atoms with van der Waals surface area (Å²) < 4.78 is 39.6. The fraction of sp³-hybridized carbons (Fsp3) is 0.227. The molecule has 4 rings (SSSR count). The summed E-state index contributed by atoms with van der Waals surface area (Å²) in [5.41, 5.74) is 4.67. The van der Waals surface area contributed by atoms with Crippen molar-refractivity contribution in [3.63, 3.8) is 0 Å². The van der Waals surface area contributed by atoms with Gasteiger partial charge in [-0.15, -0.1) is 0 Å². The van der Waals surface area contributed by atoms with Crippen molar-refractivity contribution in [2.75, 3.05) is 0 Å². The molecular weight excluding hydrogens is 419 g/mol. The highest BCUT2D eigenvalue weighted by Crippen LogP contribution is 2.26. The molecule has 9 heteroatoms. The lowest BCUT2D eigenvalue weighted by atomic mass is 10.0. The Hall–Kier alpha value is -3.33. The smallest absolute Gasteiger partial charge is 0.252 e. The Morgan fingerprint density at radius 2 is 1.90 bits per heavy atom. The normalized spacial score (nSPS) is 19.5. The van der Waals surface area contributed by atoms with Crippen molar-refractivity contribution >= 4 is 28.2 Å². The third kappa shape index (κ3) is 4.13. The van der Waals surface area contributed by atoms with Crippen LogP contribution in [0.4, 0.5) is 4.39 Å². The number of hydrazone groups is 1. The molecule has 2 aromatic rings. The first-order valence-electron chi connectivity index (χ1n) is 9.68. The minimum absolute atomic E-state index is 0.0474. The second-order valence-electron chi connectivity index (χ2n) is 7.53. The fourth-order valence-electron chi connectivity index (χ4n) is 3.43.